The van der Waals surface area contributed by atoms with Crippen molar-refractivity contribution in [3.05, 3.63) is 108 Å². The van der Waals surface area contributed by atoms with Gasteiger partial charge in [0, 0.05) is 17.8 Å². The second-order valence-corrected chi connectivity index (χ2v) is 10.2. The Morgan fingerprint density at radius 1 is 0.921 bits per heavy atom. The lowest BCUT2D eigenvalue weighted by Crippen LogP contribution is -2.48. The number of aryl methyl sites for hydroxylation is 1. The smallest absolute Gasteiger partial charge is 0.254 e. The van der Waals surface area contributed by atoms with Crippen LogP contribution in [0, 0.1) is 0 Å². The third kappa shape index (κ3) is 4.91. The van der Waals surface area contributed by atoms with Gasteiger partial charge < -0.3 is 13.9 Å². The van der Waals surface area contributed by atoms with Gasteiger partial charge in [-0.25, -0.2) is 0 Å². The average molecular weight is 510 g/mol. The quantitative estimate of drug-likeness (QED) is 0.233. The Hall–Kier alpha value is -4.06. The molecule has 1 unspecified atom stereocenters. The van der Waals surface area contributed by atoms with Crippen molar-refractivity contribution >= 4 is 17.5 Å². The monoisotopic (exact) mass is 509 g/mol. The number of aromatic nitrogens is 1. The number of furan rings is 1. The molecule has 0 aliphatic carbocycles. The van der Waals surface area contributed by atoms with Crippen molar-refractivity contribution in [3.8, 4) is 5.69 Å². The van der Waals surface area contributed by atoms with Crippen LogP contribution < -0.4 is 4.90 Å². The zero-order chi connectivity index (χ0) is 26.6. The van der Waals surface area contributed by atoms with Crippen LogP contribution in [-0.2, 0) is 11.2 Å². The van der Waals surface area contributed by atoms with E-state index in [2.05, 4.69) is 11.5 Å². The van der Waals surface area contributed by atoms with Crippen LogP contribution in [0.2, 0.25) is 0 Å². The number of nitrogens with zero attached hydrogens (tertiary/aromatic N) is 3. The highest BCUT2D eigenvalue weighted by atomic mass is 16.3. The summed E-state index contributed by atoms with van der Waals surface area (Å²) in [5.74, 6) is 0.370. The van der Waals surface area contributed by atoms with E-state index in [9.17, 15) is 9.59 Å². The van der Waals surface area contributed by atoms with Gasteiger partial charge in [0.05, 0.1) is 23.3 Å². The van der Waals surface area contributed by atoms with Gasteiger partial charge in [-0.2, -0.15) is 0 Å². The van der Waals surface area contributed by atoms with Gasteiger partial charge in [-0.15, -0.1) is 0 Å². The number of anilines is 1. The number of carbonyl (C=O) groups excluding carboxylic acids is 2. The van der Waals surface area contributed by atoms with Gasteiger partial charge in [0.25, 0.3) is 5.91 Å². The lowest BCUT2D eigenvalue weighted by Gasteiger charge is -2.38. The number of benzene rings is 2. The number of hydrogen-bond donors (Lipinski definition) is 0. The number of para-hydroxylation sites is 2. The molecule has 1 aliphatic rings. The molecule has 6 heteroatoms. The fourth-order valence-corrected chi connectivity index (χ4v) is 5.25. The molecular formula is C32H35N3O3. The van der Waals surface area contributed by atoms with Gasteiger partial charge >= 0.3 is 0 Å². The van der Waals surface area contributed by atoms with Crippen molar-refractivity contribution < 1.29 is 14.0 Å². The Kier molecular flexibility index (Phi) is 7.50. The fraction of sp³-hybridized carbons (Fsp3) is 0.312. The first-order chi connectivity index (χ1) is 18.5. The van der Waals surface area contributed by atoms with Gasteiger partial charge in [-0.1, -0.05) is 44.0 Å². The maximum atomic E-state index is 14.1. The van der Waals surface area contributed by atoms with Gasteiger partial charge in [0.1, 0.15) is 18.3 Å². The largest absolute Gasteiger partial charge is 0.467 e. The van der Waals surface area contributed by atoms with Crippen LogP contribution in [-0.4, -0.2) is 33.9 Å². The van der Waals surface area contributed by atoms with E-state index in [0.717, 1.165) is 29.9 Å². The van der Waals surface area contributed by atoms with Crippen molar-refractivity contribution in [3.63, 3.8) is 0 Å². The fourth-order valence-electron chi connectivity index (χ4n) is 5.25. The van der Waals surface area contributed by atoms with Crippen LogP contribution in [0.15, 0.2) is 89.7 Å². The SMILES string of the molecule is CCCCCc1ccc(C(=O)N(CC(=O)N2c3ccccc3-n3cccc3C2c2ccco2)C(C)C)cc1. The maximum absolute atomic E-state index is 14.1. The third-order valence-electron chi connectivity index (χ3n) is 7.26. The minimum Gasteiger partial charge on any atom is -0.467 e. The molecule has 0 saturated heterocycles. The maximum Gasteiger partial charge on any atom is 0.254 e. The molecule has 1 atom stereocenters. The van der Waals surface area contributed by atoms with Crippen molar-refractivity contribution in [2.24, 2.45) is 0 Å². The predicted molar refractivity (Wildman–Crippen MR) is 150 cm³/mol. The number of hydrogen-bond acceptors (Lipinski definition) is 3. The van der Waals surface area contributed by atoms with E-state index in [1.807, 2.05) is 92.8 Å². The molecule has 5 rings (SSSR count). The van der Waals surface area contributed by atoms with Crippen LogP contribution in [0.3, 0.4) is 0 Å². The van der Waals surface area contributed by atoms with E-state index in [-0.39, 0.29) is 24.4 Å². The molecule has 0 saturated carbocycles. The summed E-state index contributed by atoms with van der Waals surface area (Å²) in [5, 5.41) is 0. The van der Waals surface area contributed by atoms with Gasteiger partial charge in [-0.05, 0) is 80.8 Å². The molecule has 0 N–H and O–H groups in total. The van der Waals surface area contributed by atoms with Crippen molar-refractivity contribution in [2.75, 3.05) is 11.4 Å². The molecular weight excluding hydrogens is 474 g/mol. The molecule has 3 heterocycles. The van der Waals surface area contributed by atoms with Gasteiger partial charge in [0.15, 0.2) is 0 Å². The highest BCUT2D eigenvalue weighted by Gasteiger charge is 2.38. The average Bonchev–Trinajstić information content (AvgIpc) is 3.64. The Bertz CT molecular complexity index is 1390. The molecule has 0 radical (unpaired) electrons. The third-order valence-corrected chi connectivity index (χ3v) is 7.26. The molecule has 0 spiro atoms. The summed E-state index contributed by atoms with van der Waals surface area (Å²) < 4.78 is 7.92. The molecule has 6 nitrogen and oxygen atoms in total. The molecule has 2 aromatic carbocycles. The minimum absolute atomic E-state index is 0.0407. The topological polar surface area (TPSA) is 58.7 Å². The van der Waals surface area contributed by atoms with Crippen molar-refractivity contribution in [1.82, 2.24) is 9.47 Å². The molecule has 0 fully saturated rings. The summed E-state index contributed by atoms with van der Waals surface area (Å²) in [7, 11) is 0. The second-order valence-electron chi connectivity index (χ2n) is 10.2. The highest BCUT2D eigenvalue weighted by Crippen LogP contribution is 2.42. The van der Waals surface area contributed by atoms with Crippen molar-refractivity contribution in [1.29, 1.82) is 0 Å². The summed E-state index contributed by atoms with van der Waals surface area (Å²) >= 11 is 0. The molecule has 2 amide bonds. The zero-order valence-corrected chi connectivity index (χ0v) is 22.3. The summed E-state index contributed by atoms with van der Waals surface area (Å²) in [4.78, 5) is 31.2. The van der Waals surface area contributed by atoms with Gasteiger partial charge in [-0.3, -0.25) is 14.5 Å². The Morgan fingerprint density at radius 3 is 2.37 bits per heavy atom. The first-order valence-electron chi connectivity index (χ1n) is 13.5. The normalized spacial score (nSPS) is 14.3. The Morgan fingerprint density at radius 2 is 1.68 bits per heavy atom. The molecule has 196 valence electrons. The standard InChI is InChI=1S/C32H35N3O3/c1-4-5-6-11-24-16-18-25(19-17-24)32(37)34(23(2)3)22-30(36)35-27-13-8-7-12-26(27)33-20-9-14-28(33)31(35)29-15-10-21-38-29/h7-10,12-21,23,31H,4-6,11,22H2,1-3H3. The lowest BCUT2D eigenvalue weighted by atomic mass is 10.0. The van der Waals surface area contributed by atoms with E-state index in [1.165, 1.54) is 18.4 Å². The zero-order valence-electron chi connectivity index (χ0n) is 22.3. The number of carbonyl (C=O) groups is 2. The second kappa shape index (κ2) is 11.1. The van der Waals surface area contributed by atoms with Crippen LogP contribution in [0.5, 0.6) is 0 Å². The molecule has 38 heavy (non-hydrogen) atoms. The summed E-state index contributed by atoms with van der Waals surface area (Å²) in [5.41, 5.74) is 4.48. The van der Waals surface area contributed by atoms with E-state index >= 15 is 0 Å². The molecule has 4 aromatic rings. The van der Waals surface area contributed by atoms with Crippen LogP contribution >= 0.6 is 0 Å². The van der Waals surface area contributed by atoms with E-state index in [4.69, 9.17) is 4.42 Å². The summed E-state index contributed by atoms with van der Waals surface area (Å²) in [6.07, 6.45) is 8.17. The summed E-state index contributed by atoms with van der Waals surface area (Å²) in [6.45, 7) is 6.05. The number of amides is 2. The molecule has 0 bridgehead atoms. The van der Waals surface area contributed by atoms with Crippen LogP contribution in [0.1, 0.15) is 73.5 Å². The molecule has 2 aromatic heterocycles. The van der Waals surface area contributed by atoms with E-state index in [0.29, 0.717) is 11.3 Å². The highest BCUT2D eigenvalue weighted by molar-refractivity contribution is 6.02. The number of unbranched alkanes of at least 4 members (excludes halogenated alkanes) is 2. The molecule has 1 aliphatic heterocycles. The van der Waals surface area contributed by atoms with Gasteiger partial charge in [0.2, 0.25) is 5.91 Å². The van der Waals surface area contributed by atoms with Crippen LogP contribution in [0.4, 0.5) is 5.69 Å². The first kappa shape index (κ1) is 25.6. The van der Waals surface area contributed by atoms with Crippen molar-refractivity contribution in [2.45, 2.75) is 58.5 Å². The lowest BCUT2D eigenvalue weighted by molar-refractivity contribution is -0.120. The first-order valence-corrected chi connectivity index (χ1v) is 13.5. The van der Waals surface area contributed by atoms with Crippen LogP contribution in [0.25, 0.3) is 5.69 Å². The number of fused-ring (bicyclic) bond motifs is 3. The van der Waals surface area contributed by atoms with E-state index in [1.54, 1.807) is 16.1 Å². The Balaban J connectivity index is 1.44. The minimum atomic E-state index is -0.436. The Labute approximate surface area is 224 Å². The summed E-state index contributed by atoms with van der Waals surface area (Å²) in [6, 6.07) is 22.8. The number of rotatable bonds is 9. The predicted octanol–water partition coefficient (Wildman–Crippen LogP) is 6.79. The van der Waals surface area contributed by atoms with E-state index < -0.39 is 6.04 Å².